The third-order valence-electron chi connectivity index (χ3n) is 2.74. The first-order valence-corrected chi connectivity index (χ1v) is 6.16. The van der Waals surface area contributed by atoms with Gasteiger partial charge in [-0.2, -0.15) is 0 Å². The predicted molar refractivity (Wildman–Crippen MR) is 66.5 cm³/mol. The van der Waals surface area contributed by atoms with Crippen molar-refractivity contribution in [1.82, 2.24) is 0 Å². The third kappa shape index (κ3) is 3.13. The Bertz CT molecular complexity index is 336. The first-order chi connectivity index (χ1) is 7.29. The average molecular weight is 270 g/mol. The van der Waals surface area contributed by atoms with Gasteiger partial charge in [0.05, 0.1) is 12.8 Å². The molecule has 1 saturated carbocycles. The standard InChI is InChI=1S/C12H16BrNO/c1-15-10-4-5-11(13)12(8-10)14-7-6-9-2-3-9/h4-5,8-9,14H,2-3,6-7H2,1H3. The Morgan fingerprint density at radius 3 is 2.93 bits per heavy atom. The summed E-state index contributed by atoms with van der Waals surface area (Å²) in [5.74, 6) is 1.87. The highest BCUT2D eigenvalue weighted by molar-refractivity contribution is 9.10. The summed E-state index contributed by atoms with van der Waals surface area (Å²) in [6.07, 6.45) is 4.12. The zero-order valence-electron chi connectivity index (χ0n) is 8.92. The summed E-state index contributed by atoms with van der Waals surface area (Å²) in [5, 5.41) is 3.43. The van der Waals surface area contributed by atoms with Crippen molar-refractivity contribution in [1.29, 1.82) is 0 Å². The van der Waals surface area contributed by atoms with E-state index in [9.17, 15) is 0 Å². The molecule has 0 saturated heterocycles. The molecule has 0 bridgehead atoms. The number of methoxy groups -OCH3 is 1. The van der Waals surface area contributed by atoms with E-state index >= 15 is 0 Å². The van der Waals surface area contributed by atoms with Crippen LogP contribution in [0.2, 0.25) is 0 Å². The molecule has 1 fully saturated rings. The monoisotopic (exact) mass is 269 g/mol. The van der Waals surface area contributed by atoms with Gasteiger partial charge in [0.2, 0.25) is 0 Å². The number of nitrogens with one attached hydrogen (secondary N) is 1. The van der Waals surface area contributed by atoms with Gasteiger partial charge in [0.15, 0.2) is 0 Å². The molecule has 0 radical (unpaired) electrons. The van der Waals surface area contributed by atoms with Crippen LogP contribution >= 0.6 is 15.9 Å². The van der Waals surface area contributed by atoms with Crippen molar-refractivity contribution in [2.75, 3.05) is 19.0 Å². The summed E-state index contributed by atoms with van der Waals surface area (Å²) in [4.78, 5) is 0. The number of ether oxygens (including phenoxy) is 1. The third-order valence-corrected chi connectivity index (χ3v) is 3.43. The lowest BCUT2D eigenvalue weighted by molar-refractivity contribution is 0.415. The summed E-state index contributed by atoms with van der Waals surface area (Å²) in [6, 6.07) is 5.99. The summed E-state index contributed by atoms with van der Waals surface area (Å²) < 4.78 is 6.29. The quantitative estimate of drug-likeness (QED) is 0.881. The maximum Gasteiger partial charge on any atom is 0.121 e. The maximum atomic E-state index is 5.19. The van der Waals surface area contributed by atoms with Crippen LogP contribution in [0, 0.1) is 5.92 Å². The highest BCUT2D eigenvalue weighted by atomic mass is 79.9. The van der Waals surface area contributed by atoms with Gasteiger partial charge in [-0.25, -0.2) is 0 Å². The molecule has 2 nitrogen and oxygen atoms in total. The van der Waals surface area contributed by atoms with E-state index in [1.54, 1.807) is 7.11 Å². The lowest BCUT2D eigenvalue weighted by Crippen LogP contribution is -2.03. The minimum absolute atomic E-state index is 0.895. The van der Waals surface area contributed by atoms with E-state index < -0.39 is 0 Å². The zero-order valence-corrected chi connectivity index (χ0v) is 10.5. The van der Waals surface area contributed by atoms with Gasteiger partial charge in [-0.3, -0.25) is 0 Å². The second-order valence-electron chi connectivity index (χ2n) is 4.00. The molecule has 1 N–H and O–H groups in total. The average Bonchev–Trinajstić information content (AvgIpc) is 3.05. The minimum Gasteiger partial charge on any atom is -0.497 e. The molecule has 0 heterocycles. The Hall–Kier alpha value is -0.700. The number of hydrogen-bond donors (Lipinski definition) is 1. The molecular weight excluding hydrogens is 254 g/mol. The van der Waals surface area contributed by atoms with Crippen molar-refractivity contribution in [3.63, 3.8) is 0 Å². The summed E-state index contributed by atoms with van der Waals surface area (Å²) in [6.45, 7) is 1.05. The van der Waals surface area contributed by atoms with Crippen LogP contribution in [0.25, 0.3) is 0 Å². The molecule has 0 atom stereocenters. The van der Waals surface area contributed by atoms with Crippen LogP contribution in [0.3, 0.4) is 0 Å². The Morgan fingerprint density at radius 1 is 1.47 bits per heavy atom. The van der Waals surface area contributed by atoms with Crippen molar-refractivity contribution < 1.29 is 4.74 Å². The highest BCUT2D eigenvalue weighted by Crippen LogP contribution is 2.33. The van der Waals surface area contributed by atoms with Crippen molar-refractivity contribution in [2.45, 2.75) is 19.3 Å². The van der Waals surface area contributed by atoms with Gasteiger partial charge in [-0.1, -0.05) is 12.8 Å². The molecule has 1 aromatic rings. The van der Waals surface area contributed by atoms with E-state index in [2.05, 4.69) is 21.2 Å². The molecule has 0 unspecified atom stereocenters. The van der Waals surface area contributed by atoms with Gasteiger partial charge < -0.3 is 10.1 Å². The second kappa shape index (κ2) is 4.88. The molecule has 82 valence electrons. The Balaban J connectivity index is 1.92. The van der Waals surface area contributed by atoms with Crippen molar-refractivity contribution in [3.05, 3.63) is 22.7 Å². The van der Waals surface area contributed by atoms with Gasteiger partial charge in [0.25, 0.3) is 0 Å². The Kier molecular flexibility index (Phi) is 3.52. The molecule has 1 aliphatic rings. The fourth-order valence-electron chi connectivity index (χ4n) is 1.58. The molecule has 1 aromatic carbocycles. The largest absolute Gasteiger partial charge is 0.497 e. The molecule has 2 rings (SSSR count). The first-order valence-electron chi connectivity index (χ1n) is 5.37. The summed E-state index contributed by atoms with van der Waals surface area (Å²) >= 11 is 3.52. The van der Waals surface area contributed by atoms with E-state index in [0.717, 1.165) is 28.4 Å². The van der Waals surface area contributed by atoms with Crippen molar-refractivity contribution in [2.24, 2.45) is 5.92 Å². The number of halogens is 1. The van der Waals surface area contributed by atoms with Crippen LogP contribution in [-0.2, 0) is 0 Å². The first kappa shape index (κ1) is 10.8. The minimum atomic E-state index is 0.895. The fourth-order valence-corrected chi connectivity index (χ4v) is 1.97. The maximum absolute atomic E-state index is 5.19. The van der Waals surface area contributed by atoms with Crippen LogP contribution in [0.5, 0.6) is 5.75 Å². The molecule has 1 aliphatic carbocycles. The number of hydrogen-bond acceptors (Lipinski definition) is 2. The lowest BCUT2D eigenvalue weighted by Gasteiger charge is -2.09. The zero-order chi connectivity index (χ0) is 10.7. The van der Waals surface area contributed by atoms with E-state index in [4.69, 9.17) is 4.74 Å². The summed E-state index contributed by atoms with van der Waals surface area (Å²) in [5.41, 5.74) is 1.12. The van der Waals surface area contributed by atoms with Gasteiger partial charge >= 0.3 is 0 Å². The number of anilines is 1. The second-order valence-corrected chi connectivity index (χ2v) is 4.86. The summed E-state index contributed by atoms with van der Waals surface area (Å²) in [7, 11) is 1.69. The smallest absolute Gasteiger partial charge is 0.121 e. The van der Waals surface area contributed by atoms with E-state index in [1.165, 1.54) is 19.3 Å². The van der Waals surface area contributed by atoms with Crippen LogP contribution in [-0.4, -0.2) is 13.7 Å². The highest BCUT2D eigenvalue weighted by Gasteiger charge is 2.20. The number of rotatable bonds is 5. The van der Waals surface area contributed by atoms with Crippen LogP contribution in [0.15, 0.2) is 22.7 Å². The van der Waals surface area contributed by atoms with Crippen LogP contribution in [0.4, 0.5) is 5.69 Å². The molecular formula is C12H16BrNO. The lowest BCUT2D eigenvalue weighted by atomic mass is 10.2. The Morgan fingerprint density at radius 2 is 2.27 bits per heavy atom. The van der Waals surface area contributed by atoms with E-state index in [0.29, 0.717) is 0 Å². The SMILES string of the molecule is COc1ccc(Br)c(NCCC2CC2)c1. The van der Waals surface area contributed by atoms with Gasteiger partial charge in [-0.15, -0.1) is 0 Å². The molecule has 0 spiro atoms. The molecule has 0 amide bonds. The van der Waals surface area contributed by atoms with Gasteiger partial charge in [-0.05, 0) is 40.4 Å². The molecule has 15 heavy (non-hydrogen) atoms. The van der Waals surface area contributed by atoms with E-state index in [-0.39, 0.29) is 0 Å². The molecule has 0 aliphatic heterocycles. The van der Waals surface area contributed by atoms with Crippen LogP contribution < -0.4 is 10.1 Å². The normalized spacial score (nSPS) is 15.1. The number of benzene rings is 1. The fraction of sp³-hybridized carbons (Fsp3) is 0.500. The van der Waals surface area contributed by atoms with E-state index in [1.807, 2.05) is 18.2 Å². The van der Waals surface area contributed by atoms with Gasteiger partial charge in [0.1, 0.15) is 5.75 Å². The van der Waals surface area contributed by atoms with Gasteiger partial charge in [0, 0.05) is 17.1 Å². The predicted octanol–water partition coefficient (Wildman–Crippen LogP) is 3.67. The van der Waals surface area contributed by atoms with Crippen LogP contribution in [0.1, 0.15) is 19.3 Å². The topological polar surface area (TPSA) is 21.3 Å². The van der Waals surface area contributed by atoms with Crippen molar-refractivity contribution >= 4 is 21.6 Å². The van der Waals surface area contributed by atoms with Crippen molar-refractivity contribution in [3.8, 4) is 5.75 Å². The molecule has 3 heteroatoms. The Labute approximate surface area is 99.1 Å². The molecule has 0 aromatic heterocycles.